The monoisotopic (exact) mass is 686 g/mol. The van der Waals surface area contributed by atoms with Crippen LogP contribution >= 0.6 is 15.9 Å². The van der Waals surface area contributed by atoms with Gasteiger partial charge in [-0.1, -0.05) is 89.8 Å². The topological polar surface area (TPSA) is 73.4 Å². The smallest absolute Gasteiger partial charge is 0.245 e. The maximum atomic E-state index is 14.2. The molecule has 0 radical (unpaired) electrons. The van der Waals surface area contributed by atoms with Crippen LogP contribution in [0.2, 0.25) is 0 Å². The van der Waals surface area contributed by atoms with Gasteiger partial charge in [0.15, 0.2) is 0 Å². The van der Waals surface area contributed by atoms with E-state index < -0.39 is 12.2 Å². The fourth-order valence-corrected chi connectivity index (χ4v) is 7.38. The van der Waals surface area contributed by atoms with Crippen LogP contribution in [0.1, 0.15) is 55.2 Å². The largest absolute Gasteiger partial charge is 0.489 e. The van der Waals surface area contributed by atoms with Gasteiger partial charge in [0.05, 0.1) is 13.1 Å². The molecule has 3 amide bonds. The highest BCUT2D eigenvalue weighted by molar-refractivity contribution is 9.10. The molecule has 3 fully saturated rings. The van der Waals surface area contributed by atoms with Crippen molar-refractivity contribution in [3.63, 3.8) is 0 Å². The van der Waals surface area contributed by atoms with E-state index in [1.807, 2.05) is 83.8 Å². The molecule has 242 valence electrons. The van der Waals surface area contributed by atoms with E-state index in [4.69, 9.17) is 4.74 Å². The summed E-state index contributed by atoms with van der Waals surface area (Å²) in [4.78, 5) is 45.4. The van der Waals surface area contributed by atoms with Crippen LogP contribution in [0, 0.1) is 5.92 Å². The number of aryl methyl sites for hydroxylation is 1. The van der Waals surface area contributed by atoms with E-state index in [0.29, 0.717) is 44.9 Å². The number of ether oxygens (including phenoxy) is 1. The molecule has 6 rings (SSSR count). The fourth-order valence-electron chi connectivity index (χ4n) is 7.12. The molecule has 0 aromatic heterocycles. The molecule has 2 aliphatic heterocycles. The SMILES string of the molecule is CN1CC(=O)N2[C@H](Cc3ccc(OCc4ccccc4)cc3)C(=O)N(CC3CCCCC3)C[C@@H]2N1C(=O)CCc1ccc(Br)cc1. The van der Waals surface area contributed by atoms with Crippen LogP contribution in [0.3, 0.4) is 0 Å². The molecule has 2 heterocycles. The summed E-state index contributed by atoms with van der Waals surface area (Å²) in [5, 5.41) is 3.49. The van der Waals surface area contributed by atoms with Crippen molar-refractivity contribution in [1.82, 2.24) is 19.8 Å². The number of hydrogen-bond donors (Lipinski definition) is 0. The van der Waals surface area contributed by atoms with Gasteiger partial charge < -0.3 is 14.5 Å². The summed E-state index contributed by atoms with van der Waals surface area (Å²) in [6, 6.07) is 25.1. The molecule has 0 N–H and O–H groups in total. The van der Waals surface area contributed by atoms with Crippen LogP contribution in [-0.2, 0) is 33.8 Å². The van der Waals surface area contributed by atoms with Crippen molar-refractivity contribution in [2.45, 2.75) is 70.2 Å². The second kappa shape index (κ2) is 14.8. The molecule has 3 aromatic carbocycles. The highest BCUT2D eigenvalue weighted by Crippen LogP contribution is 2.31. The highest BCUT2D eigenvalue weighted by atomic mass is 79.9. The number of piperazine rings is 1. The van der Waals surface area contributed by atoms with Crippen molar-refractivity contribution < 1.29 is 19.1 Å². The van der Waals surface area contributed by atoms with Gasteiger partial charge >= 0.3 is 0 Å². The Hall–Kier alpha value is -3.69. The third-order valence-electron chi connectivity index (χ3n) is 9.54. The highest BCUT2D eigenvalue weighted by Gasteiger charge is 2.50. The number of nitrogens with zero attached hydrogens (tertiary/aromatic N) is 4. The fraction of sp³-hybridized carbons (Fsp3) is 0.432. The second-order valence-electron chi connectivity index (χ2n) is 12.8. The van der Waals surface area contributed by atoms with Crippen molar-refractivity contribution in [2.75, 3.05) is 26.7 Å². The Labute approximate surface area is 280 Å². The molecule has 0 spiro atoms. The van der Waals surface area contributed by atoms with Gasteiger partial charge in [0, 0.05) is 30.9 Å². The second-order valence-corrected chi connectivity index (χ2v) is 13.8. The Morgan fingerprint density at radius 2 is 1.57 bits per heavy atom. The van der Waals surface area contributed by atoms with Crippen LogP contribution in [0.5, 0.6) is 5.75 Å². The summed E-state index contributed by atoms with van der Waals surface area (Å²) < 4.78 is 6.98. The number of amides is 3. The Bertz CT molecular complexity index is 1490. The van der Waals surface area contributed by atoms with E-state index >= 15 is 0 Å². The molecule has 46 heavy (non-hydrogen) atoms. The van der Waals surface area contributed by atoms with Gasteiger partial charge in [-0.25, -0.2) is 5.01 Å². The van der Waals surface area contributed by atoms with E-state index in [1.165, 1.54) is 19.3 Å². The van der Waals surface area contributed by atoms with Crippen LogP contribution < -0.4 is 4.74 Å². The number of rotatable bonds is 10. The van der Waals surface area contributed by atoms with E-state index in [-0.39, 0.29) is 24.3 Å². The van der Waals surface area contributed by atoms with E-state index in [9.17, 15) is 14.4 Å². The zero-order valence-corrected chi connectivity index (χ0v) is 28.1. The van der Waals surface area contributed by atoms with Crippen molar-refractivity contribution in [3.05, 3.63) is 100 Å². The first-order chi connectivity index (χ1) is 22.4. The predicted octanol–water partition coefficient (Wildman–Crippen LogP) is 5.84. The normalized spacial score (nSPS) is 21.0. The first-order valence-electron chi connectivity index (χ1n) is 16.5. The standard InChI is InChI=1S/C37H43BrN4O4/c1-39-25-36(44)41-33(22-28-14-19-32(20-15-28)46-26-30-10-6-3-7-11-30)37(45)40(23-29-8-4-2-5-9-29)24-34(41)42(39)35(43)21-16-27-12-17-31(38)18-13-27/h3,6-7,10-15,17-20,29,33-34H,2,4-5,8-9,16,21-26H2,1H3/t33-,34+/m1/s1. The molecule has 8 nitrogen and oxygen atoms in total. The third kappa shape index (κ3) is 7.64. The molecule has 3 aliphatic rings. The average Bonchev–Trinajstić information content (AvgIpc) is 3.07. The molecule has 0 unspecified atom stereocenters. The third-order valence-corrected chi connectivity index (χ3v) is 10.1. The molecule has 2 atom stereocenters. The minimum absolute atomic E-state index is 0.0219. The lowest BCUT2D eigenvalue weighted by Gasteiger charge is -2.55. The van der Waals surface area contributed by atoms with Crippen LogP contribution in [-0.4, -0.2) is 76.4 Å². The molecule has 0 bridgehead atoms. The number of benzene rings is 3. The van der Waals surface area contributed by atoms with E-state index in [0.717, 1.165) is 39.8 Å². The lowest BCUT2D eigenvalue weighted by atomic mass is 9.88. The molecular weight excluding hydrogens is 644 g/mol. The number of hydrazine groups is 1. The van der Waals surface area contributed by atoms with Crippen molar-refractivity contribution in [3.8, 4) is 5.75 Å². The van der Waals surface area contributed by atoms with Crippen molar-refractivity contribution >= 4 is 33.7 Å². The van der Waals surface area contributed by atoms with Gasteiger partial charge in [-0.05, 0) is 66.1 Å². The van der Waals surface area contributed by atoms with Gasteiger partial charge in [0.2, 0.25) is 17.7 Å². The summed E-state index contributed by atoms with van der Waals surface area (Å²) in [6.07, 6.45) is 6.60. The summed E-state index contributed by atoms with van der Waals surface area (Å²) in [5.41, 5.74) is 3.12. The van der Waals surface area contributed by atoms with Crippen LogP contribution in [0.15, 0.2) is 83.3 Å². The zero-order chi connectivity index (χ0) is 32.0. The Morgan fingerprint density at radius 1 is 0.870 bits per heavy atom. The van der Waals surface area contributed by atoms with Gasteiger partial charge in [0.25, 0.3) is 0 Å². The summed E-state index contributed by atoms with van der Waals surface area (Å²) in [7, 11) is 1.80. The molecule has 1 saturated carbocycles. The Morgan fingerprint density at radius 3 is 2.28 bits per heavy atom. The maximum absolute atomic E-state index is 14.2. The summed E-state index contributed by atoms with van der Waals surface area (Å²) in [6.45, 7) is 1.53. The molecule has 9 heteroatoms. The number of halogens is 1. The Balaban J connectivity index is 1.21. The number of likely N-dealkylation sites (N-methyl/N-ethyl adjacent to an activating group) is 1. The lowest BCUT2D eigenvalue weighted by molar-refractivity contribution is -0.203. The van der Waals surface area contributed by atoms with Crippen LogP contribution in [0.25, 0.3) is 0 Å². The van der Waals surface area contributed by atoms with Crippen molar-refractivity contribution in [1.29, 1.82) is 0 Å². The first-order valence-corrected chi connectivity index (χ1v) is 17.3. The minimum atomic E-state index is -0.679. The van der Waals surface area contributed by atoms with E-state index in [1.54, 1.807) is 22.0 Å². The zero-order valence-electron chi connectivity index (χ0n) is 26.5. The molecule has 3 aromatic rings. The minimum Gasteiger partial charge on any atom is -0.489 e. The van der Waals surface area contributed by atoms with Crippen molar-refractivity contribution in [2.24, 2.45) is 5.92 Å². The van der Waals surface area contributed by atoms with E-state index in [2.05, 4.69) is 15.9 Å². The number of hydrogen-bond acceptors (Lipinski definition) is 5. The first kappa shape index (κ1) is 32.3. The quantitative estimate of drug-likeness (QED) is 0.268. The summed E-state index contributed by atoms with van der Waals surface area (Å²) in [5.74, 6) is 1.01. The predicted molar refractivity (Wildman–Crippen MR) is 180 cm³/mol. The van der Waals surface area contributed by atoms with Gasteiger partial charge in [0.1, 0.15) is 24.6 Å². The number of carbonyl (C=O) groups is 3. The number of fused-ring (bicyclic) bond motifs is 1. The maximum Gasteiger partial charge on any atom is 0.245 e. The lowest BCUT2D eigenvalue weighted by Crippen LogP contribution is -2.75. The summed E-state index contributed by atoms with van der Waals surface area (Å²) >= 11 is 3.48. The van der Waals surface area contributed by atoms with Gasteiger partial charge in [-0.2, -0.15) is 0 Å². The Kier molecular flexibility index (Phi) is 10.4. The molecule has 2 saturated heterocycles. The molecular formula is C37H43BrN4O4. The average molecular weight is 688 g/mol. The van der Waals surface area contributed by atoms with Gasteiger partial charge in [-0.3, -0.25) is 19.4 Å². The number of carbonyl (C=O) groups excluding carboxylic acids is 3. The molecule has 1 aliphatic carbocycles. The van der Waals surface area contributed by atoms with Crippen LogP contribution in [0.4, 0.5) is 0 Å². The van der Waals surface area contributed by atoms with Gasteiger partial charge in [-0.15, -0.1) is 0 Å².